The van der Waals surface area contributed by atoms with Gasteiger partial charge >= 0.3 is 12.2 Å². The molecule has 0 bridgehead atoms. The molecule has 4 heterocycles. The van der Waals surface area contributed by atoms with Crippen LogP contribution in [0.2, 0.25) is 0 Å². The smallest absolute Gasteiger partial charge is 0.407 e. The number of alkyl carbamates (subject to hydrolysis) is 2. The lowest BCUT2D eigenvalue weighted by molar-refractivity contribution is -0.137. The summed E-state index contributed by atoms with van der Waals surface area (Å²) >= 11 is 0. The zero-order valence-electron chi connectivity index (χ0n) is 35.5. The second-order valence-corrected chi connectivity index (χ2v) is 18.0. The number of rotatable bonds is 11. The maximum absolute atomic E-state index is 14.0. The summed E-state index contributed by atoms with van der Waals surface area (Å²) in [5.74, 6) is 2.15. The summed E-state index contributed by atoms with van der Waals surface area (Å²) in [7, 11) is 2.62. The molecule has 2 aromatic carbocycles. The fourth-order valence-electron chi connectivity index (χ4n) is 10.1. The van der Waals surface area contributed by atoms with E-state index in [0.29, 0.717) is 11.8 Å². The number of hydrogen-bond donors (Lipinski definition) is 4. The number of H-pyrrole nitrogens is 2. The van der Waals surface area contributed by atoms with Crippen LogP contribution in [0.5, 0.6) is 0 Å². The highest BCUT2D eigenvalue weighted by atomic mass is 16.5. The first-order valence-electron chi connectivity index (χ1n) is 21.6. The number of methoxy groups -OCH3 is 2. The van der Waals surface area contributed by atoms with Crippen molar-refractivity contribution in [3.05, 3.63) is 71.1 Å². The Morgan fingerprint density at radius 2 is 1.22 bits per heavy atom. The maximum atomic E-state index is 14.0. The van der Waals surface area contributed by atoms with E-state index in [-0.39, 0.29) is 47.8 Å². The Balaban J connectivity index is 0.926. The predicted octanol–water partition coefficient (Wildman–Crippen LogP) is 6.88. The Labute approximate surface area is 350 Å². The fourth-order valence-corrected chi connectivity index (χ4v) is 10.1. The average molecular weight is 817 g/mol. The lowest BCUT2D eigenvalue weighted by Gasteiger charge is -2.31. The number of amides is 4. The van der Waals surface area contributed by atoms with Gasteiger partial charge in [-0.1, -0.05) is 77.1 Å². The quantitative estimate of drug-likeness (QED) is 0.127. The van der Waals surface area contributed by atoms with E-state index >= 15 is 0 Å². The predicted molar refractivity (Wildman–Crippen MR) is 224 cm³/mol. The van der Waals surface area contributed by atoms with Gasteiger partial charge in [-0.25, -0.2) is 19.6 Å². The molecule has 2 aliphatic heterocycles. The van der Waals surface area contributed by atoms with Crippen molar-refractivity contribution in [1.82, 2.24) is 40.4 Å². The van der Waals surface area contributed by atoms with Crippen molar-refractivity contribution in [2.24, 2.45) is 23.7 Å². The number of nitrogens with one attached hydrogen (secondary N) is 4. The van der Waals surface area contributed by atoms with E-state index in [1.807, 2.05) is 37.5 Å². The van der Waals surface area contributed by atoms with Crippen LogP contribution >= 0.6 is 0 Å². The number of carbonyl (C=O) groups is 4. The number of imidazole rings is 2. The Morgan fingerprint density at radius 3 is 1.75 bits per heavy atom. The third-order valence-corrected chi connectivity index (χ3v) is 13.6. The van der Waals surface area contributed by atoms with E-state index in [9.17, 15) is 19.2 Å². The number of aryl methyl sites for hydroxylation is 3. The number of carbonyl (C=O) groups excluding carboxylic acids is 4. The van der Waals surface area contributed by atoms with Crippen molar-refractivity contribution in [3.8, 4) is 33.6 Å². The van der Waals surface area contributed by atoms with Crippen LogP contribution in [-0.4, -0.2) is 92.1 Å². The van der Waals surface area contributed by atoms with E-state index in [2.05, 4.69) is 70.0 Å². The zero-order valence-corrected chi connectivity index (χ0v) is 35.5. The van der Waals surface area contributed by atoms with Crippen LogP contribution in [-0.2, 0) is 38.3 Å². The number of likely N-dealkylation sites (tertiary alicyclic amines) is 2. The molecule has 14 heteroatoms. The van der Waals surface area contributed by atoms with E-state index < -0.39 is 24.3 Å². The molecule has 4 N–H and O–H groups in total. The summed E-state index contributed by atoms with van der Waals surface area (Å²) in [6, 6.07) is 13.8. The molecular formula is C46H56N8O6. The van der Waals surface area contributed by atoms with E-state index in [4.69, 9.17) is 19.4 Å². The Bertz CT molecular complexity index is 2330. The minimum absolute atomic E-state index is 0.0793. The van der Waals surface area contributed by atoms with Crippen molar-refractivity contribution < 1.29 is 28.7 Å². The van der Waals surface area contributed by atoms with Crippen LogP contribution in [0.4, 0.5) is 9.59 Å². The molecule has 4 fully saturated rings. The molecule has 2 aromatic heterocycles. The van der Waals surface area contributed by atoms with Crippen molar-refractivity contribution in [2.75, 3.05) is 14.2 Å². The van der Waals surface area contributed by atoms with Crippen molar-refractivity contribution >= 4 is 24.0 Å². The number of aromatic amines is 2. The second-order valence-electron chi connectivity index (χ2n) is 18.0. The molecule has 4 aromatic rings. The second kappa shape index (κ2) is 15.4. The zero-order chi connectivity index (χ0) is 42.1. The average Bonchev–Trinajstić information content (AvgIpc) is 3.90. The van der Waals surface area contributed by atoms with Gasteiger partial charge in [0.15, 0.2) is 0 Å². The summed E-state index contributed by atoms with van der Waals surface area (Å²) in [6.07, 6.45) is 4.94. The Morgan fingerprint density at radius 1 is 0.700 bits per heavy atom. The fraction of sp³-hybridized carbons (Fsp3) is 0.522. The number of nitrogens with zero attached hydrogens (tertiary/aromatic N) is 4. The molecule has 9 rings (SSSR count). The number of hydrogen-bond acceptors (Lipinski definition) is 8. The van der Waals surface area contributed by atoms with Crippen LogP contribution in [0.25, 0.3) is 33.6 Å². The van der Waals surface area contributed by atoms with Crippen LogP contribution < -0.4 is 10.6 Å². The molecule has 3 aliphatic carbocycles. The highest BCUT2D eigenvalue weighted by Gasteiger charge is 2.57. The molecule has 2 saturated carbocycles. The molecule has 60 heavy (non-hydrogen) atoms. The molecule has 0 spiro atoms. The van der Waals surface area contributed by atoms with Gasteiger partial charge in [0, 0.05) is 34.6 Å². The van der Waals surface area contributed by atoms with Crippen LogP contribution in [0.3, 0.4) is 0 Å². The largest absolute Gasteiger partial charge is 0.453 e. The normalized spacial score (nSPS) is 24.3. The minimum atomic E-state index is -0.679. The molecule has 316 valence electrons. The molecule has 2 saturated heterocycles. The summed E-state index contributed by atoms with van der Waals surface area (Å²) in [5.41, 5.74) is 9.57. The van der Waals surface area contributed by atoms with Crippen LogP contribution in [0.15, 0.2) is 42.5 Å². The molecule has 4 amide bonds. The highest BCUT2D eigenvalue weighted by Crippen LogP contribution is 2.55. The molecule has 14 nitrogen and oxygen atoms in total. The standard InChI is InChI=1S/C46H56N8O6/c1-8-31-39(49-41(47-31)35-20-28-18-33(28)53(35)43(55)37(22(2)3)51-45(57)59-6)25-11-9-24(10-12-25)26-13-15-30-27(17-26)14-16-32-40(30)50-42(48-32)36-21-29-19-34(29)54(36)44(56)38(23(4)5)52-46(58)60-7/h9-13,15,17,22-23,28-29,33-38H,8,14,16,18-21H2,1-7H3,(H,47,49)(H,48,50)(H,51,57)(H,52,58)/t28-,29-,33-,34-,35+,36+,37+,38+/m1/s1. The highest BCUT2D eigenvalue weighted by molar-refractivity contribution is 5.88. The number of aromatic nitrogens is 4. The van der Waals surface area contributed by atoms with Crippen molar-refractivity contribution in [1.29, 1.82) is 0 Å². The Kier molecular flexibility index (Phi) is 10.2. The van der Waals surface area contributed by atoms with Crippen molar-refractivity contribution in [2.45, 2.75) is 116 Å². The van der Waals surface area contributed by atoms with Gasteiger partial charge in [-0.15, -0.1) is 0 Å². The van der Waals surface area contributed by atoms with Gasteiger partial charge < -0.3 is 39.9 Å². The monoisotopic (exact) mass is 816 g/mol. The van der Waals surface area contributed by atoms with E-state index in [1.54, 1.807) is 0 Å². The van der Waals surface area contributed by atoms with Gasteiger partial charge in [-0.3, -0.25) is 9.59 Å². The third-order valence-electron chi connectivity index (χ3n) is 13.6. The molecule has 0 radical (unpaired) electrons. The van der Waals surface area contributed by atoms with E-state index in [1.165, 1.54) is 19.8 Å². The summed E-state index contributed by atoms with van der Waals surface area (Å²) in [5, 5.41) is 5.53. The number of fused-ring (bicyclic) bond motifs is 5. The van der Waals surface area contributed by atoms with Gasteiger partial charge in [0.05, 0.1) is 37.7 Å². The lowest BCUT2D eigenvalue weighted by atomic mass is 9.89. The van der Waals surface area contributed by atoms with Gasteiger partial charge in [0.1, 0.15) is 23.7 Å². The van der Waals surface area contributed by atoms with Gasteiger partial charge in [0.2, 0.25) is 11.8 Å². The van der Waals surface area contributed by atoms with Gasteiger partial charge in [0.25, 0.3) is 0 Å². The summed E-state index contributed by atoms with van der Waals surface area (Å²) < 4.78 is 9.67. The number of piperidine rings is 2. The van der Waals surface area contributed by atoms with Crippen molar-refractivity contribution in [3.63, 3.8) is 0 Å². The molecule has 8 atom stereocenters. The number of benzene rings is 2. The first kappa shape index (κ1) is 39.8. The first-order chi connectivity index (χ1) is 28.9. The minimum Gasteiger partial charge on any atom is -0.453 e. The van der Waals surface area contributed by atoms with Crippen LogP contribution in [0.1, 0.15) is 101 Å². The topological polar surface area (TPSA) is 175 Å². The lowest BCUT2D eigenvalue weighted by Crippen LogP contribution is -2.52. The molecule has 5 aliphatic rings. The summed E-state index contributed by atoms with van der Waals surface area (Å²) in [6.45, 7) is 9.85. The first-order valence-corrected chi connectivity index (χ1v) is 21.6. The molecule has 0 unspecified atom stereocenters. The SMILES string of the molecule is CCc1[nH]c([C@@H]2C[C@H]3C[C@H]3N2C(=O)[C@@H](NC(=O)OC)C(C)C)nc1-c1ccc(-c2ccc3c(c2)CCc2[nH]c([C@@H]4C[C@H]5C[C@H]5N4C(=O)[C@@H](NC(=O)OC)C(C)C)nc2-3)cc1. The van der Waals surface area contributed by atoms with Gasteiger partial charge in [-0.2, -0.15) is 0 Å². The number of ether oxygens (including phenoxy) is 2. The third kappa shape index (κ3) is 7.00. The van der Waals surface area contributed by atoms with E-state index in [0.717, 1.165) is 102 Å². The summed E-state index contributed by atoms with van der Waals surface area (Å²) in [4.78, 5) is 73.7. The Hall–Kier alpha value is -5.66. The van der Waals surface area contributed by atoms with Gasteiger partial charge in [-0.05, 0) is 85.3 Å². The maximum Gasteiger partial charge on any atom is 0.407 e. The van der Waals surface area contributed by atoms with Crippen LogP contribution in [0, 0.1) is 23.7 Å². The molecular weight excluding hydrogens is 761 g/mol.